The second-order valence-corrected chi connectivity index (χ2v) is 10.9. The quantitative estimate of drug-likeness (QED) is 0.675. The van der Waals surface area contributed by atoms with E-state index in [0.29, 0.717) is 43.0 Å². The molecule has 1 amide bonds. The van der Waals surface area contributed by atoms with E-state index in [1.165, 1.54) is 23.6 Å². The molecule has 2 fully saturated rings. The first-order chi connectivity index (χ1) is 15.0. The van der Waals surface area contributed by atoms with Gasteiger partial charge in [0.2, 0.25) is 15.9 Å². The van der Waals surface area contributed by atoms with Crippen LogP contribution in [0, 0.1) is 5.92 Å². The molecule has 2 saturated heterocycles. The summed E-state index contributed by atoms with van der Waals surface area (Å²) in [5.41, 5.74) is 0.992. The molecule has 4 rings (SSSR count). The predicted molar refractivity (Wildman–Crippen MR) is 121 cm³/mol. The molecule has 2 atom stereocenters. The second kappa shape index (κ2) is 9.89. The van der Waals surface area contributed by atoms with E-state index in [1.807, 2.05) is 0 Å². The van der Waals surface area contributed by atoms with Gasteiger partial charge in [-0.15, -0.1) is 0 Å². The minimum Gasteiger partial charge on any atom is -0.355 e. The number of carbonyl (C=O) groups excluding carboxylic acids is 1. The van der Waals surface area contributed by atoms with E-state index in [1.54, 1.807) is 18.2 Å². The highest BCUT2D eigenvalue weighted by Crippen LogP contribution is 2.28. The molecule has 0 unspecified atom stereocenters. The maximum atomic E-state index is 13.3. The summed E-state index contributed by atoms with van der Waals surface area (Å²) < 4.78 is 36.3. The van der Waals surface area contributed by atoms with Crippen LogP contribution in [0.2, 0.25) is 0 Å². The fraction of sp³-hybridized carbons (Fsp3) is 0.667. The first-order valence-electron chi connectivity index (χ1n) is 11.2. The number of nitrogens with zero attached hydrogens (tertiary/aromatic N) is 4. The van der Waals surface area contributed by atoms with Gasteiger partial charge in [-0.2, -0.15) is 13.1 Å². The van der Waals surface area contributed by atoms with Crippen molar-refractivity contribution in [2.45, 2.75) is 56.4 Å². The van der Waals surface area contributed by atoms with E-state index >= 15 is 0 Å². The molecule has 0 bridgehead atoms. The van der Waals surface area contributed by atoms with E-state index in [2.05, 4.69) is 25.9 Å². The number of hydrogen-bond acceptors (Lipinski definition) is 7. The molecule has 2 aliphatic rings. The number of fused-ring (bicyclic) bond motifs is 1. The van der Waals surface area contributed by atoms with Crippen LogP contribution in [0.3, 0.4) is 0 Å². The fourth-order valence-electron chi connectivity index (χ4n) is 4.79. The van der Waals surface area contributed by atoms with Crippen molar-refractivity contribution in [1.82, 2.24) is 23.3 Å². The van der Waals surface area contributed by atoms with E-state index in [0.717, 1.165) is 31.2 Å². The summed E-state index contributed by atoms with van der Waals surface area (Å²) in [6, 6.07) is 5.64. The highest BCUT2D eigenvalue weighted by molar-refractivity contribution is 7.89. The van der Waals surface area contributed by atoms with Gasteiger partial charge in [0.1, 0.15) is 15.9 Å². The number of sulfonamides is 1. The van der Waals surface area contributed by atoms with Crippen LogP contribution < -0.4 is 5.32 Å². The average molecular weight is 466 g/mol. The van der Waals surface area contributed by atoms with Crippen molar-refractivity contribution < 1.29 is 13.2 Å². The zero-order valence-electron chi connectivity index (χ0n) is 18.0. The third kappa shape index (κ3) is 4.92. The molecule has 0 aliphatic carbocycles. The maximum Gasteiger partial charge on any atom is 0.245 e. The van der Waals surface area contributed by atoms with Crippen LogP contribution in [0.25, 0.3) is 11.0 Å². The molecule has 31 heavy (non-hydrogen) atoms. The number of benzene rings is 1. The second-order valence-electron chi connectivity index (χ2n) is 8.48. The number of nitrogens with one attached hydrogen (secondary N) is 1. The molecule has 1 N–H and O–H groups in total. The van der Waals surface area contributed by atoms with E-state index < -0.39 is 10.0 Å². The normalized spacial score (nSPS) is 23.8. The standard InChI is InChI=1S/C21H31N5O3S2/c1-2-17-8-3-4-12-25(17)14-11-22-21(27)16-7-6-13-26(15-16)31(28,29)19-10-5-9-18-20(19)24-30-23-18/h5,9-10,16-17H,2-4,6-8,11-15H2,1H3,(H,22,27)/t16-,17+/m0/s1. The monoisotopic (exact) mass is 465 g/mol. The van der Waals surface area contributed by atoms with Crippen molar-refractivity contribution in [3.05, 3.63) is 18.2 Å². The number of piperidine rings is 2. The van der Waals surface area contributed by atoms with Crippen LogP contribution >= 0.6 is 11.7 Å². The summed E-state index contributed by atoms with van der Waals surface area (Å²) >= 11 is 1.01. The van der Waals surface area contributed by atoms with Gasteiger partial charge in [0.15, 0.2) is 0 Å². The summed E-state index contributed by atoms with van der Waals surface area (Å²) in [5.74, 6) is -0.363. The Morgan fingerprint density at radius 3 is 2.90 bits per heavy atom. The van der Waals surface area contributed by atoms with Gasteiger partial charge >= 0.3 is 0 Å². The third-order valence-corrected chi connectivity index (χ3v) is 8.98. The van der Waals surface area contributed by atoms with Crippen molar-refractivity contribution in [1.29, 1.82) is 0 Å². The Morgan fingerprint density at radius 1 is 1.19 bits per heavy atom. The van der Waals surface area contributed by atoms with Crippen LogP contribution in [0.4, 0.5) is 0 Å². The molecule has 170 valence electrons. The number of rotatable bonds is 7. The Balaban J connectivity index is 1.36. The molecule has 2 aromatic rings. The average Bonchev–Trinajstić information content (AvgIpc) is 3.28. The highest BCUT2D eigenvalue weighted by Gasteiger charge is 2.34. The number of carbonyl (C=O) groups is 1. The Labute approximate surface area is 188 Å². The first-order valence-corrected chi connectivity index (χ1v) is 13.4. The topological polar surface area (TPSA) is 95.5 Å². The molecule has 0 radical (unpaired) electrons. The number of hydrogen-bond donors (Lipinski definition) is 1. The predicted octanol–water partition coefficient (Wildman–Crippen LogP) is 2.47. The van der Waals surface area contributed by atoms with Gasteiger partial charge in [0, 0.05) is 32.2 Å². The summed E-state index contributed by atoms with van der Waals surface area (Å²) in [7, 11) is -3.72. The Kier molecular flexibility index (Phi) is 7.20. The Morgan fingerprint density at radius 2 is 2.06 bits per heavy atom. The van der Waals surface area contributed by atoms with Gasteiger partial charge in [-0.25, -0.2) is 8.42 Å². The zero-order valence-corrected chi connectivity index (χ0v) is 19.6. The van der Waals surface area contributed by atoms with Crippen molar-refractivity contribution >= 4 is 38.7 Å². The summed E-state index contributed by atoms with van der Waals surface area (Å²) in [6.45, 7) is 5.43. The third-order valence-electron chi connectivity index (χ3n) is 6.54. The van der Waals surface area contributed by atoms with E-state index in [4.69, 9.17) is 0 Å². The maximum absolute atomic E-state index is 13.3. The van der Waals surface area contributed by atoms with Crippen molar-refractivity contribution in [2.75, 3.05) is 32.7 Å². The van der Waals surface area contributed by atoms with Crippen LogP contribution in [-0.4, -0.2) is 71.0 Å². The van der Waals surface area contributed by atoms with E-state index in [-0.39, 0.29) is 23.3 Å². The lowest BCUT2D eigenvalue weighted by Gasteiger charge is -2.35. The Hall–Kier alpha value is -1.62. The fourth-order valence-corrected chi connectivity index (χ4v) is 7.06. The molecule has 10 heteroatoms. The number of likely N-dealkylation sites (tertiary alicyclic amines) is 1. The van der Waals surface area contributed by atoms with Crippen LogP contribution in [-0.2, 0) is 14.8 Å². The summed E-state index contributed by atoms with van der Waals surface area (Å²) in [5, 5.41) is 3.06. The smallest absolute Gasteiger partial charge is 0.245 e. The SMILES string of the molecule is CC[C@@H]1CCCCN1CCNC(=O)[C@H]1CCCN(S(=O)(=O)c2cccc3nsnc23)C1. The van der Waals surface area contributed by atoms with Gasteiger partial charge in [-0.05, 0) is 50.8 Å². The van der Waals surface area contributed by atoms with Gasteiger partial charge in [0.05, 0.1) is 17.6 Å². The zero-order chi connectivity index (χ0) is 21.8. The minimum absolute atomic E-state index is 0.0431. The molecule has 0 saturated carbocycles. The molecule has 8 nitrogen and oxygen atoms in total. The number of aromatic nitrogens is 2. The molecular formula is C21H31N5O3S2. The lowest BCUT2D eigenvalue weighted by molar-refractivity contribution is -0.126. The summed E-state index contributed by atoms with van der Waals surface area (Å²) in [4.78, 5) is 15.5. The van der Waals surface area contributed by atoms with Crippen LogP contribution in [0.15, 0.2) is 23.1 Å². The highest BCUT2D eigenvalue weighted by atomic mass is 32.2. The van der Waals surface area contributed by atoms with Crippen LogP contribution in [0.5, 0.6) is 0 Å². The largest absolute Gasteiger partial charge is 0.355 e. The molecular weight excluding hydrogens is 434 g/mol. The lowest BCUT2D eigenvalue weighted by atomic mass is 9.98. The van der Waals surface area contributed by atoms with Gasteiger partial charge in [-0.1, -0.05) is 19.4 Å². The summed E-state index contributed by atoms with van der Waals surface area (Å²) in [6.07, 6.45) is 6.28. The van der Waals surface area contributed by atoms with Crippen molar-refractivity contribution in [3.63, 3.8) is 0 Å². The number of amides is 1. The molecule has 1 aromatic carbocycles. The van der Waals surface area contributed by atoms with Crippen LogP contribution in [0.1, 0.15) is 45.4 Å². The van der Waals surface area contributed by atoms with Gasteiger partial charge in [-0.3, -0.25) is 9.69 Å². The molecule has 3 heterocycles. The Bertz CT molecular complexity index is 1010. The van der Waals surface area contributed by atoms with Gasteiger partial charge in [0.25, 0.3) is 0 Å². The first kappa shape index (κ1) is 22.6. The van der Waals surface area contributed by atoms with Crippen molar-refractivity contribution in [2.24, 2.45) is 5.92 Å². The van der Waals surface area contributed by atoms with Gasteiger partial charge < -0.3 is 5.32 Å². The molecule has 2 aliphatic heterocycles. The minimum atomic E-state index is -3.72. The van der Waals surface area contributed by atoms with E-state index in [9.17, 15) is 13.2 Å². The van der Waals surface area contributed by atoms with Crippen molar-refractivity contribution in [3.8, 4) is 0 Å². The lowest BCUT2D eigenvalue weighted by Crippen LogP contribution is -2.47. The molecule has 1 aromatic heterocycles. The molecule has 0 spiro atoms.